The number of fused-ring (bicyclic) bond motifs is 1. The molecular formula is C19H18N4O. The third kappa shape index (κ3) is 2.76. The number of hydrogen-bond donors (Lipinski definition) is 2. The summed E-state index contributed by atoms with van der Waals surface area (Å²) >= 11 is 0. The summed E-state index contributed by atoms with van der Waals surface area (Å²) in [5.41, 5.74) is 9.31. The normalized spacial score (nSPS) is 15.6. The standard InChI is InChI=1S/C19H18N4O/c20-18-17-16(10-21-19(17)23-12-22-18)14-7-4-8-15(9-14)24-11-13-5-2-1-3-6-13/h1-9,12,16H,10-11H2,(H3,20,21,22,23). The molecule has 1 aromatic heterocycles. The lowest BCUT2D eigenvalue weighted by Gasteiger charge is -2.14. The van der Waals surface area contributed by atoms with Crippen LogP contribution in [-0.2, 0) is 6.61 Å². The Kier molecular flexibility index (Phi) is 3.75. The van der Waals surface area contributed by atoms with Crippen LogP contribution in [0.1, 0.15) is 22.6 Å². The molecule has 1 unspecified atom stereocenters. The van der Waals surface area contributed by atoms with Crippen molar-refractivity contribution >= 4 is 11.6 Å². The van der Waals surface area contributed by atoms with Gasteiger partial charge < -0.3 is 15.8 Å². The van der Waals surface area contributed by atoms with Crippen LogP contribution in [-0.4, -0.2) is 16.5 Å². The number of hydrogen-bond acceptors (Lipinski definition) is 5. The maximum atomic E-state index is 6.05. The summed E-state index contributed by atoms with van der Waals surface area (Å²) in [6, 6.07) is 18.3. The molecule has 4 rings (SSSR count). The zero-order valence-corrected chi connectivity index (χ0v) is 13.1. The number of nitrogen functional groups attached to an aromatic ring is 1. The fourth-order valence-corrected chi connectivity index (χ4v) is 3.04. The SMILES string of the molecule is Nc1ncnc2c1C(c1cccc(OCc3ccccc3)c1)CN2. The number of anilines is 2. The highest BCUT2D eigenvalue weighted by Crippen LogP contribution is 2.38. The molecular weight excluding hydrogens is 300 g/mol. The maximum absolute atomic E-state index is 6.05. The molecule has 1 aliphatic rings. The third-order valence-corrected chi connectivity index (χ3v) is 4.25. The minimum absolute atomic E-state index is 0.140. The van der Waals surface area contributed by atoms with Crippen molar-refractivity contribution in [2.75, 3.05) is 17.6 Å². The first-order valence-electron chi connectivity index (χ1n) is 7.92. The van der Waals surface area contributed by atoms with E-state index >= 15 is 0 Å². The fourth-order valence-electron chi connectivity index (χ4n) is 3.04. The minimum atomic E-state index is 0.140. The van der Waals surface area contributed by atoms with Crippen LogP contribution in [0, 0.1) is 0 Å². The average molecular weight is 318 g/mol. The van der Waals surface area contributed by atoms with Crippen LogP contribution in [0.2, 0.25) is 0 Å². The van der Waals surface area contributed by atoms with E-state index in [4.69, 9.17) is 10.5 Å². The molecule has 1 atom stereocenters. The first-order valence-corrected chi connectivity index (χ1v) is 7.92. The van der Waals surface area contributed by atoms with E-state index in [2.05, 4.69) is 39.6 Å². The predicted octanol–water partition coefficient (Wildman–Crippen LogP) is 3.20. The van der Waals surface area contributed by atoms with Gasteiger partial charge in [0, 0.05) is 18.0 Å². The van der Waals surface area contributed by atoms with Gasteiger partial charge >= 0.3 is 0 Å². The predicted molar refractivity (Wildman–Crippen MR) is 94.0 cm³/mol. The molecule has 2 aromatic carbocycles. The highest BCUT2D eigenvalue weighted by molar-refractivity contribution is 5.64. The van der Waals surface area contributed by atoms with E-state index in [1.807, 2.05) is 30.3 Å². The summed E-state index contributed by atoms with van der Waals surface area (Å²) in [6.45, 7) is 1.31. The van der Waals surface area contributed by atoms with Crippen molar-refractivity contribution < 1.29 is 4.74 Å². The van der Waals surface area contributed by atoms with E-state index in [9.17, 15) is 0 Å². The Hall–Kier alpha value is -3.08. The molecule has 3 N–H and O–H groups in total. The average Bonchev–Trinajstić information content (AvgIpc) is 3.07. The van der Waals surface area contributed by atoms with E-state index in [1.165, 1.54) is 6.33 Å². The van der Waals surface area contributed by atoms with Gasteiger partial charge in [0.05, 0.1) is 0 Å². The molecule has 0 amide bonds. The van der Waals surface area contributed by atoms with E-state index in [1.54, 1.807) is 0 Å². The molecule has 1 aliphatic heterocycles. The van der Waals surface area contributed by atoms with Crippen molar-refractivity contribution in [3.63, 3.8) is 0 Å². The van der Waals surface area contributed by atoms with Crippen LogP contribution in [0.4, 0.5) is 11.6 Å². The highest BCUT2D eigenvalue weighted by atomic mass is 16.5. The second-order valence-electron chi connectivity index (χ2n) is 5.80. The molecule has 0 spiro atoms. The first-order chi connectivity index (χ1) is 11.8. The topological polar surface area (TPSA) is 73.1 Å². The third-order valence-electron chi connectivity index (χ3n) is 4.25. The van der Waals surface area contributed by atoms with E-state index in [-0.39, 0.29) is 5.92 Å². The Morgan fingerprint density at radius 1 is 1.08 bits per heavy atom. The second-order valence-corrected chi connectivity index (χ2v) is 5.80. The lowest BCUT2D eigenvalue weighted by atomic mass is 9.94. The quantitative estimate of drug-likeness (QED) is 0.773. The molecule has 0 fully saturated rings. The number of nitrogens with one attached hydrogen (secondary N) is 1. The molecule has 5 nitrogen and oxygen atoms in total. The monoisotopic (exact) mass is 318 g/mol. The zero-order chi connectivity index (χ0) is 16.4. The van der Waals surface area contributed by atoms with Gasteiger partial charge in [-0.2, -0.15) is 0 Å². The van der Waals surface area contributed by atoms with Gasteiger partial charge in [-0.25, -0.2) is 9.97 Å². The number of nitrogens with zero attached hydrogens (tertiary/aromatic N) is 2. The van der Waals surface area contributed by atoms with Crippen molar-refractivity contribution in [1.82, 2.24) is 9.97 Å². The van der Waals surface area contributed by atoms with Gasteiger partial charge in [-0.1, -0.05) is 42.5 Å². The molecule has 0 saturated carbocycles. The Morgan fingerprint density at radius 2 is 1.96 bits per heavy atom. The van der Waals surface area contributed by atoms with Gasteiger partial charge in [0.15, 0.2) is 0 Å². The molecule has 5 heteroatoms. The maximum Gasteiger partial charge on any atom is 0.135 e. The Morgan fingerprint density at radius 3 is 2.83 bits per heavy atom. The van der Waals surface area contributed by atoms with E-state index < -0.39 is 0 Å². The van der Waals surface area contributed by atoms with Crippen LogP contribution in [0.25, 0.3) is 0 Å². The van der Waals surface area contributed by atoms with Crippen LogP contribution in [0.3, 0.4) is 0 Å². The van der Waals surface area contributed by atoms with Gasteiger partial charge in [0.25, 0.3) is 0 Å². The van der Waals surface area contributed by atoms with Crippen molar-refractivity contribution in [3.8, 4) is 5.75 Å². The van der Waals surface area contributed by atoms with Crippen LogP contribution >= 0.6 is 0 Å². The number of benzene rings is 2. The zero-order valence-electron chi connectivity index (χ0n) is 13.1. The van der Waals surface area contributed by atoms with Gasteiger partial charge in [0.2, 0.25) is 0 Å². The van der Waals surface area contributed by atoms with Gasteiger partial charge in [-0.15, -0.1) is 0 Å². The molecule has 3 aromatic rings. The number of ether oxygens (including phenoxy) is 1. The summed E-state index contributed by atoms with van der Waals surface area (Å²) in [7, 11) is 0. The van der Waals surface area contributed by atoms with Crippen LogP contribution in [0.15, 0.2) is 60.9 Å². The van der Waals surface area contributed by atoms with Crippen molar-refractivity contribution in [1.29, 1.82) is 0 Å². The second kappa shape index (κ2) is 6.20. The highest BCUT2D eigenvalue weighted by Gasteiger charge is 2.28. The Bertz CT molecular complexity index is 851. The lowest BCUT2D eigenvalue weighted by molar-refractivity contribution is 0.306. The summed E-state index contributed by atoms with van der Waals surface area (Å²) in [4.78, 5) is 8.38. The van der Waals surface area contributed by atoms with Gasteiger partial charge in [0.1, 0.15) is 30.3 Å². The molecule has 0 aliphatic carbocycles. The van der Waals surface area contributed by atoms with Crippen molar-refractivity contribution in [3.05, 3.63) is 77.6 Å². The number of aromatic nitrogens is 2. The smallest absolute Gasteiger partial charge is 0.135 e. The van der Waals surface area contributed by atoms with E-state index in [0.717, 1.165) is 34.8 Å². The molecule has 0 radical (unpaired) electrons. The Balaban J connectivity index is 1.56. The summed E-state index contributed by atoms with van der Waals surface area (Å²) in [5, 5.41) is 3.29. The van der Waals surface area contributed by atoms with Gasteiger partial charge in [-0.3, -0.25) is 0 Å². The molecule has 2 heterocycles. The number of rotatable bonds is 4. The summed E-state index contributed by atoms with van der Waals surface area (Å²) in [5.74, 6) is 2.34. The Labute approximate surface area is 140 Å². The summed E-state index contributed by atoms with van der Waals surface area (Å²) in [6.07, 6.45) is 1.49. The molecule has 0 bridgehead atoms. The number of nitrogens with two attached hydrogens (primary N) is 1. The molecule has 0 saturated heterocycles. The summed E-state index contributed by atoms with van der Waals surface area (Å²) < 4.78 is 5.93. The van der Waals surface area contributed by atoms with E-state index in [0.29, 0.717) is 12.4 Å². The first kappa shape index (κ1) is 14.5. The van der Waals surface area contributed by atoms with Crippen LogP contribution < -0.4 is 15.8 Å². The lowest BCUT2D eigenvalue weighted by Crippen LogP contribution is -2.06. The largest absolute Gasteiger partial charge is 0.489 e. The van der Waals surface area contributed by atoms with Crippen molar-refractivity contribution in [2.24, 2.45) is 0 Å². The van der Waals surface area contributed by atoms with Crippen LogP contribution in [0.5, 0.6) is 5.75 Å². The molecule has 120 valence electrons. The van der Waals surface area contributed by atoms with Gasteiger partial charge in [-0.05, 0) is 23.3 Å². The molecule has 24 heavy (non-hydrogen) atoms. The van der Waals surface area contributed by atoms with Crippen molar-refractivity contribution in [2.45, 2.75) is 12.5 Å². The fraction of sp³-hybridized carbons (Fsp3) is 0.158. The minimum Gasteiger partial charge on any atom is -0.489 e.